The zero-order valence-electron chi connectivity index (χ0n) is 19.5. The first-order chi connectivity index (χ1) is 17.1. The molecule has 180 valence electrons. The molecule has 3 heterocycles. The third kappa shape index (κ3) is 5.17. The van der Waals surface area contributed by atoms with Gasteiger partial charge in [0.1, 0.15) is 0 Å². The second kappa shape index (κ2) is 10.2. The summed E-state index contributed by atoms with van der Waals surface area (Å²) in [5.74, 6) is 0.868. The van der Waals surface area contributed by atoms with Crippen LogP contribution >= 0.6 is 0 Å². The summed E-state index contributed by atoms with van der Waals surface area (Å²) < 4.78 is 1.93. The van der Waals surface area contributed by atoms with Crippen LogP contribution in [0.15, 0.2) is 48.9 Å². The van der Waals surface area contributed by atoms with Crippen molar-refractivity contribution in [1.29, 1.82) is 5.26 Å². The smallest absolute Gasteiger partial charge is 0.253 e. The molecule has 35 heavy (non-hydrogen) atoms. The molecule has 3 aromatic rings. The van der Waals surface area contributed by atoms with Gasteiger partial charge in [0.15, 0.2) is 0 Å². The number of carbonyl (C=O) groups excluding carboxylic acids is 1. The number of amides is 1. The molecule has 9 heteroatoms. The predicted octanol–water partition coefficient (Wildman–Crippen LogP) is 3.94. The van der Waals surface area contributed by atoms with Crippen LogP contribution in [0.1, 0.15) is 54.9 Å². The fourth-order valence-electron chi connectivity index (χ4n) is 5.08. The van der Waals surface area contributed by atoms with Gasteiger partial charge < -0.3 is 15.3 Å². The van der Waals surface area contributed by atoms with Gasteiger partial charge in [-0.15, -0.1) is 0 Å². The van der Waals surface area contributed by atoms with Crippen LogP contribution in [-0.2, 0) is 0 Å². The minimum absolute atomic E-state index is 0.0735. The van der Waals surface area contributed by atoms with Crippen molar-refractivity contribution in [2.45, 2.75) is 50.7 Å². The minimum atomic E-state index is -0.434. The van der Waals surface area contributed by atoms with Crippen molar-refractivity contribution in [2.24, 2.45) is 5.92 Å². The van der Waals surface area contributed by atoms with Crippen LogP contribution in [0.3, 0.4) is 0 Å². The summed E-state index contributed by atoms with van der Waals surface area (Å²) in [4.78, 5) is 23.2. The first-order valence-electron chi connectivity index (χ1n) is 12.2. The maximum Gasteiger partial charge on any atom is 0.253 e. The van der Waals surface area contributed by atoms with Gasteiger partial charge in [-0.2, -0.15) is 10.4 Å². The van der Waals surface area contributed by atoms with Crippen LogP contribution in [0.2, 0.25) is 0 Å². The second-order valence-electron chi connectivity index (χ2n) is 9.34. The number of likely N-dealkylation sites (tertiary alicyclic amines) is 1. The lowest BCUT2D eigenvalue weighted by Gasteiger charge is -2.21. The number of nitriles is 1. The summed E-state index contributed by atoms with van der Waals surface area (Å²) in [6.45, 7) is 0.961. The topological polar surface area (TPSA) is 120 Å². The molecule has 0 radical (unpaired) electrons. The monoisotopic (exact) mass is 471 g/mol. The molecule has 1 aromatic carbocycles. The molecule has 0 spiro atoms. The molecule has 0 bridgehead atoms. The number of carbonyl (C=O) groups is 1. The fourth-order valence-corrected chi connectivity index (χ4v) is 5.08. The van der Waals surface area contributed by atoms with Gasteiger partial charge in [-0.25, -0.2) is 9.97 Å². The average Bonchev–Trinajstić information content (AvgIpc) is 3.65. The number of aliphatic hydroxyl groups excluding tert-OH is 1. The number of β-amino-alcohol motifs (C(OH)–C–C–N with tert-alkyl or cyclic N) is 1. The first kappa shape index (κ1) is 23.0. The third-order valence-corrected chi connectivity index (χ3v) is 6.98. The van der Waals surface area contributed by atoms with E-state index in [-0.39, 0.29) is 11.9 Å². The van der Waals surface area contributed by atoms with Gasteiger partial charge in [0.05, 0.1) is 36.5 Å². The van der Waals surface area contributed by atoms with Crippen molar-refractivity contribution in [3.8, 4) is 17.3 Å². The summed E-state index contributed by atoms with van der Waals surface area (Å²) in [6, 6.07) is 11.4. The summed E-state index contributed by atoms with van der Waals surface area (Å²) in [7, 11) is 0. The average molecular weight is 472 g/mol. The Balaban J connectivity index is 1.27. The number of benzene rings is 1. The standard InChI is InChI=1S/C26H29N7O2/c27-12-9-24(18-3-1-2-4-18)33-16-20(15-29-33)23-10-13-28-26(31-23)30-21-7-5-19(6-8-21)25(35)32-14-11-22(34)17-32/h5-8,10,13,15-16,18,22,24,34H,1-4,9,11,14,17H2,(H,28,30,31). The largest absolute Gasteiger partial charge is 0.391 e. The van der Waals surface area contributed by atoms with Crippen molar-refractivity contribution in [3.63, 3.8) is 0 Å². The molecule has 1 aliphatic carbocycles. The normalized spacial score (nSPS) is 19.0. The van der Waals surface area contributed by atoms with Crippen molar-refractivity contribution < 1.29 is 9.90 Å². The highest BCUT2D eigenvalue weighted by molar-refractivity contribution is 5.94. The van der Waals surface area contributed by atoms with E-state index >= 15 is 0 Å². The van der Waals surface area contributed by atoms with Crippen molar-refractivity contribution in [3.05, 3.63) is 54.5 Å². The third-order valence-electron chi connectivity index (χ3n) is 6.98. The van der Waals surface area contributed by atoms with Gasteiger partial charge in [0.25, 0.3) is 5.91 Å². The van der Waals surface area contributed by atoms with E-state index in [0.29, 0.717) is 43.4 Å². The number of hydrogen-bond acceptors (Lipinski definition) is 7. The first-order valence-corrected chi connectivity index (χ1v) is 12.2. The minimum Gasteiger partial charge on any atom is -0.391 e. The maximum absolute atomic E-state index is 12.6. The van der Waals surface area contributed by atoms with Gasteiger partial charge in [0.2, 0.25) is 5.95 Å². The van der Waals surface area contributed by atoms with E-state index in [4.69, 9.17) is 0 Å². The van der Waals surface area contributed by atoms with Gasteiger partial charge >= 0.3 is 0 Å². The molecule has 1 saturated heterocycles. The molecule has 1 saturated carbocycles. The highest BCUT2D eigenvalue weighted by Crippen LogP contribution is 2.36. The van der Waals surface area contributed by atoms with Crippen molar-refractivity contribution in [1.82, 2.24) is 24.6 Å². The molecule has 2 aliphatic rings. The Kier molecular flexibility index (Phi) is 6.73. The SMILES string of the molecule is N#CCC(C1CCCC1)n1cc(-c2ccnc(Nc3ccc(C(=O)N4CCC(O)C4)cc3)n2)cn1. The number of anilines is 2. The second-order valence-corrected chi connectivity index (χ2v) is 9.34. The van der Waals surface area contributed by atoms with E-state index in [1.54, 1.807) is 29.4 Å². The molecule has 1 aliphatic heterocycles. The zero-order valence-corrected chi connectivity index (χ0v) is 19.5. The molecule has 2 aromatic heterocycles. The van der Waals surface area contributed by atoms with Crippen LogP contribution in [0, 0.1) is 17.2 Å². The lowest BCUT2D eigenvalue weighted by molar-refractivity contribution is 0.0765. The molecule has 2 unspecified atom stereocenters. The van der Waals surface area contributed by atoms with E-state index in [1.807, 2.05) is 29.1 Å². The molecule has 2 N–H and O–H groups in total. The van der Waals surface area contributed by atoms with Crippen molar-refractivity contribution in [2.75, 3.05) is 18.4 Å². The van der Waals surface area contributed by atoms with Crippen LogP contribution in [-0.4, -0.2) is 54.9 Å². The van der Waals surface area contributed by atoms with Crippen LogP contribution in [0.25, 0.3) is 11.3 Å². The molecule has 1 amide bonds. The Morgan fingerprint density at radius 2 is 2.00 bits per heavy atom. The number of nitrogens with zero attached hydrogens (tertiary/aromatic N) is 6. The molecule has 2 fully saturated rings. The Morgan fingerprint density at radius 1 is 1.20 bits per heavy atom. The van der Waals surface area contributed by atoms with E-state index < -0.39 is 6.10 Å². The molecule has 2 atom stereocenters. The molecular weight excluding hydrogens is 442 g/mol. The quantitative estimate of drug-likeness (QED) is 0.535. The van der Waals surface area contributed by atoms with Gasteiger partial charge in [-0.3, -0.25) is 9.48 Å². The van der Waals surface area contributed by atoms with E-state index in [2.05, 4.69) is 26.5 Å². The number of aromatic nitrogens is 4. The zero-order chi connectivity index (χ0) is 24.2. The van der Waals surface area contributed by atoms with Crippen LogP contribution < -0.4 is 5.32 Å². The lowest BCUT2D eigenvalue weighted by atomic mass is 9.96. The van der Waals surface area contributed by atoms with Gasteiger partial charge in [0, 0.05) is 42.3 Å². The van der Waals surface area contributed by atoms with Crippen LogP contribution in [0.4, 0.5) is 11.6 Å². The van der Waals surface area contributed by atoms with Crippen LogP contribution in [0.5, 0.6) is 0 Å². The Labute approximate surface area is 204 Å². The fraction of sp³-hybridized carbons (Fsp3) is 0.423. The van der Waals surface area contributed by atoms with E-state index in [9.17, 15) is 15.2 Å². The van der Waals surface area contributed by atoms with E-state index in [1.165, 1.54) is 12.8 Å². The number of aliphatic hydroxyl groups is 1. The highest BCUT2D eigenvalue weighted by atomic mass is 16.3. The maximum atomic E-state index is 12.6. The summed E-state index contributed by atoms with van der Waals surface area (Å²) >= 11 is 0. The van der Waals surface area contributed by atoms with Crippen molar-refractivity contribution >= 4 is 17.5 Å². The highest BCUT2D eigenvalue weighted by Gasteiger charge is 2.27. The number of rotatable bonds is 7. The summed E-state index contributed by atoms with van der Waals surface area (Å²) in [6.07, 6.45) is 10.8. The molecule has 5 rings (SSSR count). The Morgan fingerprint density at radius 3 is 2.71 bits per heavy atom. The lowest BCUT2D eigenvalue weighted by Crippen LogP contribution is -2.29. The number of hydrogen-bond donors (Lipinski definition) is 2. The van der Waals surface area contributed by atoms with Gasteiger partial charge in [-0.05, 0) is 55.5 Å². The number of nitrogens with one attached hydrogen (secondary N) is 1. The molecular formula is C26H29N7O2. The molecule has 9 nitrogen and oxygen atoms in total. The summed E-state index contributed by atoms with van der Waals surface area (Å²) in [5, 5.41) is 26.8. The Bertz CT molecular complexity index is 1210. The van der Waals surface area contributed by atoms with E-state index in [0.717, 1.165) is 29.8 Å². The Hall–Kier alpha value is -3.77. The summed E-state index contributed by atoms with van der Waals surface area (Å²) in [5.41, 5.74) is 2.98. The predicted molar refractivity (Wildman–Crippen MR) is 131 cm³/mol. The van der Waals surface area contributed by atoms with Gasteiger partial charge in [-0.1, -0.05) is 12.8 Å².